The van der Waals surface area contributed by atoms with Crippen molar-refractivity contribution in [2.75, 3.05) is 13.2 Å². The molecule has 5 nitrogen and oxygen atoms in total. The molecule has 1 spiro atoms. The van der Waals surface area contributed by atoms with Crippen LogP contribution in [0.3, 0.4) is 0 Å². The summed E-state index contributed by atoms with van der Waals surface area (Å²) in [5, 5.41) is 2.72. The van der Waals surface area contributed by atoms with Gasteiger partial charge < -0.3 is 9.47 Å². The van der Waals surface area contributed by atoms with Crippen LogP contribution in [-0.2, 0) is 10.3 Å². The van der Waals surface area contributed by atoms with Gasteiger partial charge in [-0.25, -0.2) is 4.79 Å². The average Bonchev–Trinajstić information content (AvgIpc) is 2.74. The minimum absolute atomic E-state index is 0.438. The van der Waals surface area contributed by atoms with Gasteiger partial charge in [0.1, 0.15) is 5.75 Å². The zero-order valence-electron chi connectivity index (χ0n) is 10.8. The van der Waals surface area contributed by atoms with Gasteiger partial charge in [-0.15, -0.1) is 0 Å². The Hall–Kier alpha value is -2.04. The highest BCUT2D eigenvalue weighted by atomic mass is 16.6. The third-order valence-corrected chi connectivity index (χ3v) is 3.40. The minimum atomic E-state index is -0.791. The van der Waals surface area contributed by atoms with Crippen LogP contribution in [0.15, 0.2) is 29.3 Å². The molecule has 2 aliphatic rings. The van der Waals surface area contributed by atoms with Crippen molar-refractivity contribution >= 4 is 11.9 Å². The van der Waals surface area contributed by atoms with Crippen molar-refractivity contribution in [2.24, 2.45) is 4.99 Å². The van der Waals surface area contributed by atoms with Crippen LogP contribution in [0.5, 0.6) is 5.75 Å². The molecule has 0 aromatic heterocycles. The Morgan fingerprint density at radius 3 is 3.11 bits per heavy atom. The van der Waals surface area contributed by atoms with Crippen molar-refractivity contribution in [2.45, 2.75) is 25.4 Å². The number of hydrogen-bond acceptors (Lipinski definition) is 4. The fourth-order valence-electron chi connectivity index (χ4n) is 2.54. The maximum absolute atomic E-state index is 11.6. The van der Waals surface area contributed by atoms with Crippen LogP contribution >= 0.6 is 0 Å². The topological polar surface area (TPSA) is 59.9 Å². The number of hydrogen-bond donors (Lipinski definition) is 1. The van der Waals surface area contributed by atoms with Crippen LogP contribution in [0.25, 0.3) is 0 Å². The van der Waals surface area contributed by atoms with E-state index in [0.717, 1.165) is 17.7 Å². The number of carbonyl (C=O) groups excluding carboxylic acids is 1. The van der Waals surface area contributed by atoms with E-state index in [4.69, 9.17) is 9.47 Å². The number of benzene rings is 1. The van der Waals surface area contributed by atoms with Crippen molar-refractivity contribution in [3.8, 4) is 5.75 Å². The first-order valence-electron chi connectivity index (χ1n) is 6.53. The van der Waals surface area contributed by atoms with Gasteiger partial charge in [0.05, 0.1) is 6.61 Å². The maximum atomic E-state index is 11.6. The number of alkyl carbamates (subject to hydrolysis) is 1. The molecule has 100 valence electrons. The Bertz CT molecular complexity index is 541. The lowest BCUT2D eigenvalue weighted by molar-refractivity contribution is 0.0495. The van der Waals surface area contributed by atoms with Crippen LogP contribution < -0.4 is 10.1 Å². The minimum Gasteiger partial charge on any atom is -0.493 e. The largest absolute Gasteiger partial charge is 0.493 e. The summed E-state index contributed by atoms with van der Waals surface area (Å²) in [6.07, 6.45) is 1.07. The van der Waals surface area contributed by atoms with Crippen molar-refractivity contribution in [3.05, 3.63) is 29.8 Å². The standard InChI is InChI=1S/C14H16N2O3/c1-2-8-15-12-14(19-13(17)16-12)7-9-18-11-6-4-3-5-10(11)14/h3-6H,2,7-9H2,1H3,(H,15,16,17). The number of aliphatic imine (C=N–C) groups is 1. The number of ether oxygens (including phenoxy) is 2. The highest BCUT2D eigenvalue weighted by Crippen LogP contribution is 2.42. The summed E-state index contributed by atoms with van der Waals surface area (Å²) in [4.78, 5) is 16.1. The smallest absolute Gasteiger partial charge is 0.414 e. The molecule has 0 radical (unpaired) electrons. The van der Waals surface area contributed by atoms with Gasteiger partial charge in [0, 0.05) is 18.5 Å². The van der Waals surface area contributed by atoms with Crippen LogP contribution in [0.2, 0.25) is 0 Å². The lowest BCUT2D eigenvalue weighted by Gasteiger charge is -2.33. The Balaban J connectivity index is 2.09. The third kappa shape index (κ3) is 1.85. The number of amides is 1. The molecular formula is C14H16N2O3. The Morgan fingerprint density at radius 1 is 1.42 bits per heavy atom. The molecule has 2 aliphatic heterocycles. The molecule has 1 aromatic rings. The molecule has 0 saturated carbocycles. The number of amidine groups is 1. The summed E-state index contributed by atoms with van der Waals surface area (Å²) in [6, 6.07) is 7.64. The summed E-state index contributed by atoms with van der Waals surface area (Å²) in [5.74, 6) is 1.37. The van der Waals surface area contributed by atoms with E-state index in [1.807, 2.05) is 31.2 Å². The predicted molar refractivity (Wildman–Crippen MR) is 70.4 cm³/mol. The molecular weight excluding hydrogens is 244 g/mol. The van der Waals surface area contributed by atoms with Crippen LogP contribution in [-0.4, -0.2) is 25.1 Å². The number of nitrogens with one attached hydrogen (secondary N) is 1. The van der Waals surface area contributed by atoms with Gasteiger partial charge >= 0.3 is 6.09 Å². The quantitative estimate of drug-likeness (QED) is 0.886. The highest BCUT2D eigenvalue weighted by Gasteiger charge is 2.51. The van der Waals surface area contributed by atoms with Crippen molar-refractivity contribution in [1.29, 1.82) is 0 Å². The summed E-state index contributed by atoms with van der Waals surface area (Å²) in [7, 11) is 0. The Labute approximate surface area is 111 Å². The van der Waals surface area contributed by atoms with Gasteiger partial charge in [0.15, 0.2) is 5.84 Å². The van der Waals surface area contributed by atoms with Crippen molar-refractivity contribution < 1.29 is 14.3 Å². The predicted octanol–water partition coefficient (Wildman–Crippen LogP) is 2.21. The number of para-hydroxylation sites is 1. The molecule has 1 saturated heterocycles. The van der Waals surface area contributed by atoms with Gasteiger partial charge in [0.2, 0.25) is 5.60 Å². The molecule has 1 unspecified atom stereocenters. The summed E-state index contributed by atoms with van der Waals surface area (Å²) < 4.78 is 11.2. The van der Waals surface area contributed by atoms with E-state index >= 15 is 0 Å². The average molecular weight is 260 g/mol. The molecule has 1 amide bonds. The van der Waals surface area contributed by atoms with E-state index in [1.165, 1.54) is 0 Å². The molecule has 0 aliphatic carbocycles. The number of rotatable bonds is 2. The first kappa shape index (κ1) is 12.0. The second kappa shape index (κ2) is 4.57. The van der Waals surface area contributed by atoms with Gasteiger partial charge in [0.25, 0.3) is 0 Å². The SMILES string of the molecule is CCCN=C1NC(=O)OC12CCOc1ccccc12. The number of carbonyl (C=O) groups is 1. The van der Waals surface area contributed by atoms with E-state index in [-0.39, 0.29) is 0 Å². The first-order valence-corrected chi connectivity index (χ1v) is 6.53. The van der Waals surface area contributed by atoms with Crippen molar-refractivity contribution in [1.82, 2.24) is 5.32 Å². The lowest BCUT2D eigenvalue weighted by Crippen LogP contribution is -2.41. The van der Waals surface area contributed by atoms with Crippen LogP contribution in [0.1, 0.15) is 25.3 Å². The molecule has 1 fully saturated rings. The lowest BCUT2D eigenvalue weighted by atomic mass is 9.87. The zero-order valence-corrected chi connectivity index (χ0v) is 10.8. The van der Waals surface area contributed by atoms with Crippen molar-refractivity contribution in [3.63, 3.8) is 0 Å². The molecule has 1 N–H and O–H groups in total. The number of nitrogens with zero attached hydrogens (tertiary/aromatic N) is 1. The molecule has 19 heavy (non-hydrogen) atoms. The second-order valence-electron chi connectivity index (χ2n) is 4.67. The molecule has 5 heteroatoms. The fraction of sp³-hybridized carbons (Fsp3) is 0.429. The summed E-state index contributed by atoms with van der Waals surface area (Å²) >= 11 is 0. The van der Waals surface area contributed by atoms with E-state index in [2.05, 4.69) is 10.3 Å². The fourth-order valence-corrected chi connectivity index (χ4v) is 2.54. The summed E-state index contributed by atoms with van der Waals surface area (Å²) in [5.41, 5.74) is 0.0793. The maximum Gasteiger partial charge on any atom is 0.414 e. The van der Waals surface area contributed by atoms with E-state index in [1.54, 1.807) is 0 Å². The summed E-state index contributed by atoms with van der Waals surface area (Å²) in [6.45, 7) is 3.23. The van der Waals surface area contributed by atoms with Crippen LogP contribution in [0.4, 0.5) is 4.79 Å². The van der Waals surface area contributed by atoms with E-state index < -0.39 is 11.7 Å². The molecule has 1 aromatic carbocycles. The number of fused-ring (bicyclic) bond motifs is 2. The van der Waals surface area contributed by atoms with Gasteiger partial charge in [-0.3, -0.25) is 10.3 Å². The van der Waals surface area contributed by atoms with Crippen LogP contribution in [0, 0.1) is 0 Å². The van der Waals surface area contributed by atoms with Gasteiger partial charge in [-0.2, -0.15) is 0 Å². The van der Waals surface area contributed by atoms with E-state index in [9.17, 15) is 4.79 Å². The molecule has 0 bridgehead atoms. The highest BCUT2D eigenvalue weighted by molar-refractivity contribution is 6.07. The Kier molecular flexibility index (Phi) is 2.89. The van der Waals surface area contributed by atoms with E-state index in [0.29, 0.717) is 25.4 Å². The van der Waals surface area contributed by atoms with Gasteiger partial charge in [-0.1, -0.05) is 25.1 Å². The zero-order chi connectivity index (χ0) is 13.3. The second-order valence-corrected chi connectivity index (χ2v) is 4.67. The Morgan fingerprint density at radius 2 is 2.26 bits per heavy atom. The molecule has 2 heterocycles. The first-order chi connectivity index (χ1) is 9.26. The molecule has 3 rings (SSSR count). The normalized spacial score (nSPS) is 26.8. The molecule has 1 atom stereocenters. The van der Waals surface area contributed by atoms with Gasteiger partial charge in [-0.05, 0) is 12.5 Å². The monoisotopic (exact) mass is 260 g/mol. The third-order valence-electron chi connectivity index (χ3n) is 3.40.